The molecule has 1 unspecified atom stereocenters. The van der Waals surface area contributed by atoms with E-state index in [-0.39, 0.29) is 23.8 Å². The van der Waals surface area contributed by atoms with Crippen LogP contribution in [0.5, 0.6) is 5.75 Å². The summed E-state index contributed by atoms with van der Waals surface area (Å²) in [5.41, 5.74) is 0. The van der Waals surface area contributed by atoms with E-state index in [9.17, 15) is 9.59 Å². The van der Waals surface area contributed by atoms with E-state index in [4.69, 9.17) is 16.3 Å². The standard InChI is InChI=1S/C20H29ClN2O3/c1-4-15(5-2)19(24)22-17-10-12-23(13-11-17)20(25)14(3)26-18-8-6-16(21)7-9-18/h6-9,14-15,17H,4-5,10-13H2,1-3H3,(H,22,24). The monoisotopic (exact) mass is 380 g/mol. The summed E-state index contributed by atoms with van der Waals surface area (Å²) in [6, 6.07) is 7.14. The Balaban J connectivity index is 1.80. The average Bonchev–Trinajstić information content (AvgIpc) is 2.64. The van der Waals surface area contributed by atoms with Crippen LogP contribution in [0.1, 0.15) is 46.5 Å². The first kappa shape index (κ1) is 20.6. The van der Waals surface area contributed by atoms with Crippen molar-refractivity contribution in [2.45, 2.75) is 58.6 Å². The van der Waals surface area contributed by atoms with E-state index >= 15 is 0 Å². The number of likely N-dealkylation sites (tertiary alicyclic amines) is 1. The van der Waals surface area contributed by atoms with Gasteiger partial charge in [0.2, 0.25) is 5.91 Å². The molecule has 0 spiro atoms. The summed E-state index contributed by atoms with van der Waals surface area (Å²) in [5, 5.41) is 3.77. The van der Waals surface area contributed by atoms with Gasteiger partial charge in [-0.2, -0.15) is 0 Å². The van der Waals surface area contributed by atoms with Crippen LogP contribution in [-0.2, 0) is 9.59 Å². The highest BCUT2D eigenvalue weighted by molar-refractivity contribution is 6.30. The van der Waals surface area contributed by atoms with Gasteiger partial charge < -0.3 is 15.0 Å². The third-order valence-electron chi connectivity index (χ3n) is 4.98. The van der Waals surface area contributed by atoms with Gasteiger partial charge in [0.05, 0.1) is 0 Å². The topological polar surface area (TPSA) is 58.6 Å². The molecule has 1 aliphatic heterocycles. The van der Waals surface area contributed by atoms with Gasteiger partial charge in [-0.1, -0.05) is 25.4 Å². The quantitative estimate of drug-likeness (QED) is 0.785. The normalized spacial score (nSPS) is 16.4. The fourth-order valence-corrected chi connectivity index (χ4v) is 3.37. The van der Waals surface area contributed by atoms with Crippen molar-refractivity contribution in [2.24, 2.45) is 5.92 Å². The minimum Gasteiger partial charge on any atom is -0.481 e. The molecule has 0 radical (unpaired) electrons. The number of nitrogens with one attached hydrogen (secondary N) is 1. The highest BCUT2D eigenvalue weighted by atomic mass is 35.5. The molecule has 1 atom stereocenters. The number of hydrogen-bond donors (Lipinski definition) is 1. The number of carbonyl (C=O) groups excluding carboxylic acids is 2. The van der Waals surface area contributed by atoms with E-state index in [1.807, 2.05) is 18.7 Å². The number of carbonyl (C=O) groups is 2. The molecule has 0 saturated carbocycles. The second-order valence-electron chi connectivity index (χ2n) is 6.84. The van der Waals surface area contributed by atoms with Crippen molar-refractivity contribution in [3.63, 3.8) is 0 Å². The molecular formula is C20H29ClN2O3. The lowest BCUT2D eigenvalue weighted by atomic mass is 9.99. The molecule has 26 heavy (non-hydrogen) atoms. The Morgan fingerprint density at radius 1 is 1.19 bits per heavy atom. The maximum atomic E-state index is 12.6. The Morgan fingerprint density at radius 3 is 2.31 bits per heavy atom. The second-order valence-corrected chi connectivity index (χ2v) is 7.27. The van der Waals surface area contributed by atoms with E-state index in [2.05, 4.69) is 5.32 Å². The molecule has 0 bridgehead atoms. The summed E-state index contributed by atoms with van der Waals surface area (Å²) in [7, 11) is 0. The van der Waals surface area contributed by atoms with Gasteiger partial charge in [0.1, 0.15) is 5.75 Å². The van der Waals surface area contributed by atoms with Crippen LogP contribution in [0.2, 0.25) is 5.02 Å². The number of hydrogen-bond acceptors (Lipinski definition) is 3. The second kappa shape index (κ2) is 9.81. The number of piperidine rings is 1. The maximum absolute atomic E-state index is 12.6. The molecule has 0 aliphatic carbocycles. The molecule has 144 valence electrons. The van der Waals surface area contributed by atoms with Crippen molar-refractivity contribution in [3.05, 3.63) is 29.3 Å². The summed E-state index contributed by atoms with van der Waals surface area (Å²) < 4.78 is 5.72. The minimum absolute atomic E-state index is 0.0234. The Kier molecular flexibility index (Phi) is 7.76. The first-order valence-electron chi connectivity index (χ1n) is 9.46. The molecule has 6 heteroatoms. The Hall–Kier alpha value is -1.75. The number of ether oxygens (including phenoxy) is 1. The van der Waals surface area contributed by atoms with Crippen molar-refractivity contribution in [1.82, 2.24) is 10.2 Å². The van der Waals surface area contributed by atoms with Crippen molar-refractivity contribution < 1.29 is 14.3 Å². The zero-order valence-electron chi connectivity index (χ0n) is 15.8. The van der Waals surface area contributed by atoms with E-state index in [0.29, 0.717) is 23.9 Å². The number of benzene rings is 1. The van der Waals surface area contributed by atoms with Gasteiger partial charge in [-0.15, -0.1) is 0 Å². The number of nitrogens with zero attached hydrogens (tertiary/aromatic N) is 1. The van der Waals surface area contributed by atoms with Crippen LogP contribution in [0.25, 0.3) is 0 Å². The van der Waals surface area contributed by atoms with Crippen molar-refractivity contribution in [3.8, 4) is 5.75 Å². The molecule has 1 aliphatic rings. The minimum atomic E-state index is -0.549. The van der Waals surface area contributed by atoms with E-state index in [0.717, 1.165) is 25.7 Å². The highest BCUT2D eigenvalue weighted by Gasteiger charge is 2.28. The molecule has 5 nitrogen and oxygen atoms in total. The smallest absolute Gasteiger partial charge is 0.263 e. The molecule has 1 heterocycles. The number of rotatable bonds is 7. The van der Waals surface area contributed by atoms with E-state index in [1.54, 1.807) is 31.2 Å². The molecular weight excluding hydrogens is 352 g/mol. The zero-order valence-corrected chi connectivity index (χ0v) is 16.6. The molecule has 1 aromatic rings. The van der Waals surface area contributed by atoms with Crippen molar-refractivity contribution in [1.29, 1.82) is 0 Å². The summed E-state index contributed by atoms with van der Waals surface area (Å²) in [5.74, 6) is 0.828. The summed E-state index contributed by atoms with van der Waals surface area (Å²) in [4.78, 5) is 26.6. The lowest BCUT2D eigenvalue weighted by Crippen LogP contribution is -2.50. The predicted octanol–water partition coefficient (Wildman–Crippen LogP) is 3.65. The molecule has 1 N–H and O–H groups in total. The highest BCUT2D eigenvalue weighted by Crippen LogP contribution is 2.19. The molecule has 2 rings (SSSR count). The first-order chi connectivity index (χ1) is 12.4. The Bertz CT molecular complexity index is 594. The number of amides is 2. The number of halogens is 1. The van der Waals surface area contributed by atoms with Crippen molar-refractivity contribution >= 4 is 23.4 Å². The van der Waals surface area contributed by atoms with E-state index < -0.39 is 6.10 Å². The molecule has 0 aromatic heterocycles. The largest absolute Gasteiger partial charge is 0.481 e. The predicted molar refractivity (Wildman–Crippen MR) is 103 cm³/mol. The van der Waals surface area contributed by atoms with Crippen LogP contribution in [0.3, 0.4) is 0 Å². The van der Waals surface area contributed by atoms with Gasteiger partial charge in [-0.3, -0.25) is 9.59 Å². The third kappa shape index (κ3) is 5.63. The van der Waals surface area contributed by atoms with Crippen LogP contribution in [-0.4, -0.2) is 41.9 Å². The van der Waals surface area contributed by atoms with Gasteiger partial charge in [-0.25, -0.2) is 0 Å². The lowest BCUT2D eigenvalue weighted by molar-refractivity contribution is -0.139. The van der Waals surface area contributed by atoms with Crippen LogP contribution < -0.4 is 10.1 Å². The summed E-state index contributed by atoms with van der Waals surface area (Å²) in [6.07, 6.45) is 2.74. The van der Waals surface area contributed by atoms with Crippen LogP contribution >= 0.6 is 11.6 Å². The molecule has 1 aromatic carbocycles. The van der Waals surface area contributed by atoms with Crippen LogP contribution in [0.15, 0.2) is 24.3 Å². The Morgan fingerprint density at radius 2 is 1.77 bits per heavy atom. The summed E-state index contributed by atoms with van der Waals surface area (Å²) in [6.45, 7) is 7.12. The fraction of sp³-hybridized carbons (Fsp3) is 0.600. The first-order valence-corrected chi connectivity index (χ1v) is 9.83. The van der Waals surface area contributed by atoms with Gasteiger partial charge in [-0.05, 0) is 56.9 Å². The van der Waals surface area contributed by atoms with E-state index in [1.165, 1.54) is 0 Å². The van der Waals surface area contributed by atoms with Crippen LogP contribution in [0, 0.1) is 5.92 Å². The average molecular weight is 381 g/mol. The van der Waals surface area contributed by atoms with Gasteiger partial charge in [0.25, 0.3) is 5.91 Å². The fourth-order valence-electron chi connectivity index (χ4n) is 3.25. The molecule has 1 fully saturated rings. The maximum Gasteiger partial charge on any atom is 0.263 e. The lowest BCUT2D eigenvalue weighted by Gasteiger charge is -2.34. The van der Waals surface area contributed by atoms with Gasteiger partial charge >= 0.3 is 0 Å². The SMILES string of the molecule is CCC(CC)C(=O)NC1CCN(C(=O)C(C)Oc2ccc(Cl)cc2)CC1. The van der Waals surface area contributed by atoms with Gasteiger partial charge in [0.15, 0.2) is 6.10 Å². The summed E-state index contributed by atoms with van der Waals surface area (Å²) >= 11 is 5.86. The Labute approximate surface area is 161 Å². The third-order valence-corrected chi connectivity index (χ3v) is 5.24. The van der Waals surface area contributed by atoms with Gasteiger partial charge in [0, 0.05) is 30.1 Å². The molecule has 2 amide bonds. The zero-order chi connectivity index (χ0) is 19.1. The molecule has 1 saturated heterocycles. The van der Waals surface area contributed by atoms with Crippen LogP contribution in [0.4, 0.5) is 0 Å². The van der Waals surface area contributed by atoms with Crippen molar-refractivity contribution in [2.75, 3.05) is 13.1 Å².